The van der Waals surface area contributed by atoms with Gasteiger partial charge in [-0.3, -0.25) is 0 Å². The number of pyridine rings is 1. The molecule has 0 spiro atoms. The van der Waals surface area contributed by atoms with Crippen molar-refractivity contribution in [2.24, 2.45) is 0 Å². The van der Waals surface area contributed by atoms with E-state index >= 15 is 0 Å². The van der Waals surface area contributed by atoms with Crippen LogP contribution >= 0.6 is 0 Å². The quantitative estimate of drug-likeness (QED) is 0.473. The summed E-state index contributed by atoms with van der Waals surface area (Å²) in [4.78, 5) is 4.69. The molecule has 0 amide bonds. The third-order valence-electron chi connectivity index (χ3n) is 6.60. The van der Waals surface area contributed by atoms with Crippen LogP contribution in [0.15, 0.2) is 12.4 Å². The number of nitrogens with one attached hydrogen (secondary N) is 1. The first-order valence-corrected chi connectivity index (χ1v) is 15.6. The van der Waals surface area contributed by atoms with E-state index in [0.717, 1.165) is 62.7 Å². The molecule has 4 rings (SSSR count). The van der Waals surface area contributed by atoms with Crippen LogP contribution in [-0.4, -0.2) is 56.1 Å². The maximum absolute atomic E-state index is 9.84. The smallest absolute Gasteiger partial charge is 0.150 e. The zero-order valence-corrected chi connectivity index (χ0v) is 20.8. The first kappa shape index (κ1) is 23.2. The number of fused-ring (bicyclic) bond motifs is 1. The van der Waals surface area contributed by atoms with Gasteiger partial charge in [-0.25, -0.2) is 4.98 Å². The lowest BCUT2D eigenvalue weighted by Gasteiger charge is -2.23. The molecule has 2 atom stereocenters. The predicted octanol–water partition coefficient (Wildman–Crippen LogP) is 4.24. The summed E-state index contributed by atoms with van der Waals surface area (Å²) in [5.41, 5.74) is 2.55. The van der Waals surface area contributed by atoms with Crippen molar-refractivity contribution in [1.82, 2.24) is 14.9 Å². The predicted molar refractivity (Wildman–Crippen MR) is 128 cm³/mol. The van der Waals surface area contributed by atoms with E-state index in [1.807, 2.05) is 0 Å². The van der Waals surface area contributed by atoms with Gasteiger partial charge in [0.1, 0.15) is 35.9 Å². The van der Waals surface area contributed by atoms with Crippen LogP contribution in [0.1, 0.15) is 43.2 Å². The summed E-state index contributed by atoms with van der Waals surface area (Å²) >= 11 is 0. The maximum Gasteiger partial charge on any atom is 0.150 e. The van der Waals surface area contributed by atoms with Crippen molar-refractivity contribution in [2.75, 3.05) is 26.4 Å². The Morgan fingerprint density at radius 3 is 2.72 bits per heavy atom. The van der Waals surface area contributed by atoms with Crippen LogP contribution in [0.25, 0.3) is 11.0 Å². The summed E-state index contributed by atoms with van der Waals surface area (Å²) in [7, 11) is -1.15. The molecule has 2 aliphatic rings. The molecule has 4 heterocycles. The van der Waals surface area contributed by atoms with E-state index in [4.69, 9.17) is 19.2 Å². The lowest BCUT2D eigenvalue weighted by molar-refractivity contribution is 0.0840. The molecule has 8 heteroatoms. The zero-order valence-electron chi connectivity index (χ0n) is 19.8. The Morgan fingerprint density at radius 1 is 1.28 bits per heavy atom. The zero-order chi connectivity index (χ0) is 22.7. The summed E-state index contributed by atoms with van der Waals surface area (Å²) in [6.45, 7) is 12.9. The highest BCUT2D eigenvalue weighted by Gasteiger charge is 2.30. The summed E-state index contributed by atoms with van der Waals surface area (Å²) in [6.07, 6.45) is 6.74. The molecule has 0 saturated carbocycles. The van der Waals surface area contributed by atoms with Gasteiger partial charge >= 0.3 is 0 Å². The van der Waals surface area contributed by atoms with Crippen molar-refractivity contribution in [3.8, 4) is 11.8 Å². The normalized spacial score (nSPS) is 22.3. The minimum Gasteiger partial charge on any atom is -0.487 e. The number of rotatable bonds is 8. The lowest BCUT2D eigenvalue weighted by Crippen LogP contribution is -2.31. The standard InChI is InChI=1S/C24H36N4O3Si/c1-17-21(5-8-26-17)31-23-19(13-25)14-27-24-22(23)20(18-6-9-29-10-7-18)15-28(24)16-30-11-12-32(2,3)4/h14-15,17-18,21,26H,5-12,16H2,1-4H3/t17-,21-/m1/s1. The van der Waals surface area contributed by atoms with Crippen molar-refractivity contribution in [3.05, 3.63) is 23.5 Å². The number of hydrogen-bond acceptors (Lipinski definition) is 6. The topological polar surface area (TPSA) is 81.3 Å². The van der Waals surface area contributed by atoms with Crippen molar-refractivity contribution < 1.29 is 14.2 Å². The molecule has 7 nitrogen and oxygen atoms in total. The van der Waals surface area contributed by atoms with Gasteiger partial charge in [0, 0.05) is 40.1 Å². The van der Waals surface area contributed by atoms with Crippen LogP contribution in [0.4, 0.5) is 0 Å². The summed E-state index contributed by atoms with van der Waals surface area (Å²) in [5, 5.41) is 14.3. The number of nitrogens with zero attached hydrogens (tertiary/aromatic N) is 3. The Bertz CT molecular complexity index is 972. The SMILES string of the molecule is C[C@H]1NCC[C@H]1Oc1c(C#N)cnc2c1c(C1CCOCC1)cn2COCC[Si](C)(C)C. The van der Waals surface area contributed by atoms with Crippen molar-refractivity contribution in [1.29, 1.82) is 5.26 Å². The second-order valence-corrected chi connectivity index (χ2v) is 15.9. The number of nitriles is 1. The van der Waals surface area contributed by atoms with E-state index in [-0.39, 0.29) is 12.1 Å². The van der Waals surface area contributed by atoms with Crippen molar-refractivity contribution in [3.63, 3.8) is 0 Å². The van der Waals surface area contributed by atoms with E-state index in [0.29, 0.717) is 24.0 Å². The third-order valence-corrected chi connectivity index (χ3v) is 8.30. The lowest BCUT2D eigenvalue weighted by atomic mass is 9.91. The molecule has 2 aromatic heterocycles. The molecule has 2 aliphatic heterocycles. The van der Waals surface area contributed by atoms with Crippen molar-refractivity contribution >= 4 is 19.1 Å². The average molecular weight is 457 g/mol. The van der Waals surface area contributed by atoms with Gasteiger partial charge in [0.15, 0.2) is 0 Å². The van der Waals surface area contributed by atoms with Gasteiger partial charge in [-0.1, -0.05) is 19.6 Å². The Balaban J connectivity index is 1.71. The van der Waals surface area contributed by atoms with Gasteiger partial charge < -0.3 is 24.1 Å². The largest absolute Gasteiger partial charge is 0.487 e. The molecule has 0 radical (unpaired) electrons. The second-order valence-electron chi connectivity index (χ2n) is 10.3. The molecule has 2 fully saturated rings. The summed E-state index contributed by atoms with van der Waals surface area (Å²) in [5.74, 6) is 1.05. The Hall–Kier alpha value is -1.92. The molecule has 174 valence electrons. The van der Waals surface area contributed by atoms with Gasteiger partial charge in [0.2, 0.25) is 0 Å². The second kappa shape index (κ2) is 9.92. The molecule has 32 heavy (non-hydrogen) atoms. The highest BCUT2D eigenvalue weighted by Crippen LogP contribution is 2.40. The highest BCUT2D eigenvalue weighted by atomic mass is 28.3. The van der Waals surface area contributed by atoms with E-state index in [9.17, 15) is 5.26 Å². The molecule has 1 N–H and O–H groups in total. The Kier molecular flexibility index (Phi) is 7.20. The van der Waals surface area contributed by atoms with Crippen LogP contribution in [0.2, 0.25) is 25.7 Å². The Morgan fingerprint density at radius 2 is 2.06 bits per heavy atom. The fourth-order valence-corrected chi connectivity index (χ4v) is 5.32. The van der Waals surface area contributed by atoms with Crippen LogP contribution in [0.3, 0.4) is 0 Å². The van der Waals surface area contributed by atoms with E-state index < -0.39 is 8.07 Å². The molecule has 0 aromatic carbocycles. The van der Waals surface area contributed by atoms with E-state index in [2.05, 4.69) is 48.7 Å². The molecule has 0 aliphatic carbocycles. The average Bonchev–Trinajstić information content (AvgIpc) is 3.35. The van der Waals surface area contributed by atoms with Crippen LogP contribution in [0, 0.1) is 11.3 Å². The first-order valence-electron chi connectivity index (χ1n) is 11.8. The monoisotopic (exact) mass is 456 g/mol. The first-order chi connectivity index (χ1) is 15.4. The number of hydrogen-bond donors (Lipinski definition) is 1. The number of ether oxygens (including phenoxy) is 3. The maximum atomic E-state index is 9.84. The van der Waals surface area contributed by atoms with Gasteiger partial charge in [-0.15, -0.1) is 0 Å². The molecule has 0 unspecified atom stereocenters. The Labute approximate surface area is 192 Å². The number of aromatic nitrogens is 2. The van der Waals surface area contributed by atoms with Gasteiger partial charge in [-0.2, -0.15) is 5.26 Å². The third kappa shape index (κ3) is 5.17. The van der Waals surface area contributed by atoms with E-state index in [1.54, 1.807) is 6.20 Å². The molecular formula is C24H36N4O3Si. The van der Waals surface area contributed by atoms with Gasteiger partial charge in [-0.05, 0) is 50.3 Å². The minimum atomic E-state index is -1.15. The molecule has 2 aromatic rings. The van der Waals surface area contributed by atoms with E-state index in [1.165, 1.54) is 5.56 Å². The minimum absolute atomic E-state index is 0.0478. The molecule has 0 bridgehead atoms. The fraction of sp³-hybridized carbons (Fsp3) is 0.667. The van der Waals surface area contributed by atoms with Gasteiger partial charge in [0.05, 0.1) is 11.6 Å². The van der Waals surface area contributed by atoms with Gasteiger partial charge in [0.25, 0.3) is 0 Å². The van der Waals surface area contributed by atoms with Crippen molar-refractivity contribution in [2.45, 2.75) is 76.7 Å². The highest BCUT2D eigenvalue weighted by molar-refractivity contribution is 6.76. The summed E-state index contributed by atoms with van der Waals surface area (Å²) < 4.78 is 20.3. The van der Waals surface area contributed by atoms with Crippen LogP contribution < -0.4 is 10.1 Å². The van der Waals surface area contributed by atoms with Crippen LogP contribution in [0.5, 0.6) is 5.75 Å². The molecular weight excluding hydrogens is 420 g/mol. The summed E-state index contributed by atoms with van der Waals surface area (Å²) in [6, 6.07) is 3.70. The van der Waals surface area contributed by atoms with Crippen LogP contribution in [-0.2, 0) is 16.2 Å². The molecule has 2 saturated heterocycles. The fourth-order valence-electron chi connectivity index (χ4n) is 4.56.